The Balaban J connectivity index is 1.59. The highest BCUT2D eigenvalue weighted by molar-refractivity contribution is 7.88. The van der Waals surface area contributed by atoms with Crippen LogP contribution >= 0.6 is 23.2 Å². The van der Waals surface area contributed by atoms with E-state index in [9.17, 15) is 13.2 Å². The first-order valence-electron chi connectivity index (χ1n) is 8.33. The van der Waals surface area contributed by atoms with E-state index >= 15 is 0 Å². The number of amides is 1. The summed E-state index contributed by atoms with van der Waals surface area (Å²) in [6, 6.07) is 2.87. The number of likely N-dealkylation sites (tertiary alicyclic amines) is 1. The summed E-state index contributed by atoms with van der Waals surface area (Å²) in [4.78, 5) is 14.0. The van der Waals surface area contributed by atoms with Crippen molar-refractivity contribution in [1.29, 1.82) is 0 Å². The van der Waals surface area contributed by atoms with E-state index in [0.29, 0.717) is 36.5 Å². The second-order valence-electron chi connectivity index (χ2n) is 6.33. The fraction of sp³-hybridized carbons (Fsp3) is 0.467. The summed E-state index contributed by atoms with van der Waals surface area (Å²) < 4.78 is 30.7. The first kappa shape index (κ1) is 20.8. The Hall–Kier alpha value is -1.95. The van der Waals surface area contributed by atoms with Crippen molar-refractivity contribution in [1.82, 2.24) is 30.2 Å². The van der Waals surface area contributed by atoms with E-state index in [4.69, 9.17) is 27.9 Å². The molecule has 0 aliphatic carbocycles. The predicted molar refractivity (Wildman–Crippen MR) is 103 cm³/mol. The zero-order valence-electron chi connectivity index (χ0n) is 14.9. The lowest BCUT2D eigenvalue weighted by Crippen LogP contribution is -2.47. The minimum atomic E-state index is -3.26. The molecule has 1 fully saturated rings. The molecule has 0 atom stereocenters. The highest BCUT2D eigenvalue weighted by Crippen LogP contribution is 2.35. The molecule has 28 heavy (non-hydrogen) atoms. The van der Waals surface area contributed by atoms with Gasteiger partial charge in [0.1, 0.15) is 5.75 Å². The highest BCUT2D eigenvalue weighted by atomic mass is 35.5. The molecule has 2 N–H and O–H groups in total. The van der Waals surface area contributed by atoms with Gasteiger partial charge in [-0.1, -0.05) is 23.2 Å². The smallest absolute Gasteiger partial charge is 0.260 e. The monoisotopic (exact) mass is 448 g/mol. The van der Waals surface area contributed by atoms with Crippen LogP contribution < -0.4 is 9.46 Å². The van der Waals surface area contributed by atoms with Gasteiger partial charge < -0.3 is 9.64 Å². The van der Waals surface area contributed by atoms with Gasteiger partial charge in [0.15, 0.2) is 6.61 Å². The number of piperidine rings is 1. The van der Waals surface area contributed by atoms with Crippen LogP contribution in [0.15, 0.2) is 12.1 Å². The summed E-state index contributed by atoms with van der Waals surface area (Å²) in [6.07, 6.45) is 2.21. The average molecular weight is 449 g/mol. The Morgan fingerprint density at radius 1 is 1.32 bits per heavy atom. The molecule has 0 unspecified atom stereocenters. The topological polar surface area (TPSA) is 130 Å². The van der Waals surface area contributed by atoms with Gasteiger partial charge in [-0.05, 0) is 30.2 Å². The maximum Gasteiger partial charge on any atom is 0.260 e. The number of tetrazole rings is 1. The van der Waals surface area contributed by atoms with Gasteiger partial charge in [-0.15, -0.1) is 10.2 Å². The predicted octanol–water partition coefficient (Wildman–Crippen LogP) is 1.09. The van der Waals surface area contributed by atoms with Gasteiger partial charge in [-0.25, -0.2) is 13.1 Å². The number of aromatic nitrogens is 4. The lowest BCUT2D eigenvalue weighted by atomic mass is 10.1. The Morgan fingerprint density at radius 2 is 2.04 bits per heavy atom. The zero-order chi connectivity index (χ0) is 20.3. The Morgan fingerprint density at radius 3 is 2.64 bits per heavy atom. The number of nitrogens with one attached hydrogen (secondary N) is 2. The van der Waals surface area contributed by atoms with Crippen LogP contribution in [0.3, 0.4) is 0 Å². The number of benzene rings is 1. The number of nitrogens with zero attached hydrogens (tertiary/aromatic N) is 4. The molecule has 1 aliphatic heterocycles. The van der Waals surface area contributed by atoms with Crippen molar-refractivity contribution in [3.05, 3.63) is 22.2 Å². The molecule has 0 spiro atoms. The molecule has 152 valence electrons. The van der Waals surface area contributed by atoms with Crippen molar-refractivity contribution in [2.45, 2.75) is 18.9 Å². The summed E-state index contributed by atoms with van der Waals surface area (Å²) in [6.45, 7) is 0.673. The van der Waals surface area contributed by atoms with Crippen LogP contribution in [0.5, 0.6) is 5.75 Å². The van der Waals surface area contributed by atoms with E-state index in [1.165, 1.54) is 6.07 Å². The van der Waals surface area contributed by atoms with Gasteiger partial charge in [0.2, 0.25) is 15.8 Å². The number of hydrogen-bond acceptors (Lipinski definition) is 7. The molecule has 0 bridgehead atoms. The van der Waals surface area contributed by atoms with E-state index < -0.39 is 10.0 Å². The summed E-state index contributed by atoms with van der Waals surface area (Å²) >= 11 is 12.3. The second kappa shape index (κ2) is 8.60. The lowest BCUT2D eigenvalue weighted by molar-refractivity contribution is -0.134. The van der Waals surface area contributed by atoms with Crippen LogP contribution in [0.2, 0.25) is 10.0 Å². The largest absolute Gasteiger partial charge is 0.482 e. The standard InChI is InChI=1S/C15H18Cl2N6O4S/c1-28(25,26)20-9-2-4-23(5-3-9)14(24)8-27-13-6-10(11(16)7-12(13)17)15-18-21-22-19-15/h6-7,9,20H,2-5,8H2,1H3,(H,18,19,21,22). The van der Waals surface area contributed by atoms with Crippen molar-refractivity contribution in [3.63, 3.8) is 0 Å². The van der Waals surface area contributed by atoms with Gasteiger partial charge in [-0.2, -0.15) is 5.21 Å². The molecule has 10 nitrogen and oxygen atoms in total. The average Bonchev–Trinajstić information content (AvgIpc) is 3.14. The normalized spacial score (nSPS) is 15.6. The summed E-state index contributed by atoms with van der Waals surface area (Å²) in [5, 5.41) is 14.1. The molecule has 1 saturated heterocycles. The quantitative estimate of drug-likeness (QED) is 0.675. The molecule has 1 amide bonds. The zero-order valence-corrected chi connectivity index (χ0v) is 17.2. The van der Waals surface area contributed by atoms with Crippen LogP contribution in [-0.2, 0) is 14.8 Å². The Kier molecular flexibility index (Phi) is 6.38. The SMILES string of the molecule is CS(=O)(=O)NC1CCN(C(=O)COc2cc(-c3nn[nH]n3)c(Cl)cc2Cl)CC1. The fourth-order valence-corrected chi connectivity index (χ4v) is 4.23. The van der Waals surface area contributed by atoms with Crippen LogP contribution in [-0.4, -0.2) is 71.8 Å². The van der Waals surface area contributed by atoms with E-state index in [1.54, 1.807) is 11.0 Å². The van der Waals surface area contributed by atoms with Crippen molar-refractivity contribution < 1.29 is 17.9 Å². The fourth-order valence-electron chi connectivity index (χ4n) is 2.87. The summed E-state index contributed by atoms with van der Waals surface area (Å²) in [5.41, 5.74) is 0.468. The third-order valence-electron chi connectivity index (χ3n) is 4.19. The van der Waals surface area contributed by atoms with Gasteiger partial charge in [0, 0.05) is 24.7 Å². The van der Waals surface area contributed by atoms with Crippen LogP contribution in [0.1, 0.15) is 12.8 Å². The van der Waals surface area contributed by atoms with Crippen molar-refractivity contribution >= 4 is 39.1 Å². The molecule has 13 heteroatoms. The number of carbonyl (C=O) groups excluding carboxylic acids is 1. The molecule has 0 saturated carbocycles. The van der Waals surface area contributed by atoms with Crippen LogP contribution in [0.25, 0.3) is 11.4 Å². The molecule has 2 heterocycles. The molecule has 1 aliphatic rings. The van der Waals surface area contributed by atoms with Crippen molar-refractivity contribution in [3.8, 4) is 17.1 Å². The molecular formula is C15H18Cl2N6O4S. The number of ether oxygens (including phenoxy) is 1. The minimum absolute atomic E-state index is 0.164. The molecule has 2 aromatic rings. The Bertz CT molecular complexity index is 946. The van der Waals surface area contributed by atoms with Gasteiger partial charge in [-0.3, -0.25) is 4.79 Å². The third-order valence-corrected chi connectivity index (χ3v) is 5.56. The maximum absolute atomic E-state index is 12.4. The highest BCUT2D eigenvalue weighted by Gasteiger charge is 2.25. The van der Waals surface area contributed by atoms with E-state index in [0.717, 1.165) is 6.26 Å². The molecule has 0 radical (unpaired) electrons. The van der Waals surface area contributed by atoms with E-state index in [-0.39, 0.29) is 35.2 Å². The first-order valence-corrected chi connectivity index (χ1v) is 11.0. The number of H-pyrrole nitrogens is 1. The van der Waals surface area contributed by atoms with E-state index in [2.05, 4.69) is 25.3 Å². The van der Waals surface area contributed by atoms with E-state index in [1.807, 2.05) is 0 Å². The summed E-state index contributed by atoms with van der Waals surface area (Å²) in [5.74, 6) is 0.330. The number of halogens is 2. The number of rotatable bonds is 6. The van der Waals surface area contributed by atoms with Crippen molar-refractivity contribution in [2.75, 3.05) is 26.0 Å². The molecule has 1 aromatic heterocycles. The van der Waals surface area contributed by atoms with Crippen LogP contribution in [0, 0.1) is 0 Å². The Labute approximate surface area is 171 Å². The number of aromatic amines is 1. The number of sulfonamides is 1. The third kappa shape index (κ3) is 5.31. The molecule has 3 rings (SSSR count). The molecular weight excluding hydrogens is 431 g/mol. The second-order valence-corrected chi connectivity index (χ2v) is 8.93. The lowest BCUT2D eigenvalue weighted by Gasteiger charge is -2.32. The maximum atomic E-state index is 12.4. The molecule has 1 aromatic carbocycles. The van der Waals surface area contributed by atoms with Gasteiger partial charge >= 0.3 is 0 Å². The number of carbonyl (C=O) groups is 1. The minimum Gasteiger partial charge on any atom is -0.482 e. The van der Waals surface area contributed by atoms with Gasteiger partial charge in [0.25, 0.3) is 5.91 Å². The van der Waals surface area contributed by atoms with Crippen LogP contribution in [0.4, 0.5) is 0 Å². The first-order chi connectivity index (χ1) is 13.2. The van der Waals surface area contributed by atoms with Gasteiger partial charge in [0.05, 0.1) is 16.3 Å². The number of hydrogen-bond donors (Lipinski definition) is 2. The van der Waals surface area contributed by atoms with Crippen molar-refractivity contribution in [2.24, 2.45) is 0 Å². The summed E-state index contributed by atoms with van der Waals surface area (Å²) in [7, 11) is -3.26.